The van der Waals surface area contributed by atoms with Crippen LogP contribution in [-0.4, -0.2) is 26.9 Å². The first-order valence-corrected chi connectivity index (χ1v) is 9.27. The van der Waals surface area contributed by atoms with Crippen molar-refractivity contribution in [3.63, 3.8) is 0 Å². The van der Waals surface area contributed by atoms with E-state index in [0.717, 1.165) is 5.56 Å². The number of nitrogens with zero attached hydrogens (tertiary/aromatic N) is 2. The summed E-state index contributed by atoms with van der Waals surface area (Å²) in [5, 5.41) is 11.2. The monoisotopic (exact) mass is 361 g/mol. The van der Waals surface area contributed by atoms with Crippen molar-refractivity contribution < 1.29 is 9.21 Å². The standard InChI is InChI=1S/C19H27N3O2S/c1-12(15(23)20-19(5,6)7)25-17-22-21-16(24-17)13-8-10-14(11-9-13)18(2,3)4/h8-12H,1-7H3,(H,20,23)/t12-/m0/s1. The van der Waals surface area contributed by atoms with Gasteiger partial charge in [-0.1, -0.05) is 44.7 Å². The molecule has 0 aliphatic carbocycles. The zero-order valence-electron chi connectivity index (χ0n) is 16.0. The second-order valence-corrected chi connectivity index (χ2v) is 9.49. The van der Waals surface area contributed by atoms with Gasteiger partial charge < -0.3 is 9.73 Å². The molecule has 0 unspecified atom stereocenters. The fourth-order valence-corrected chi connectivity index (χ4v) is 2.85. The molecule has 1 aromatic carbocycles. The summed E-state index contributed by atoms with van der Waals surface area (Å²) in [5.74, 6) is 0.415. The topological polar surface area (TPSA) is 68.0 Å². The van der Waals surface area contributed by atoms with Crippen molar-refractivity contribution in [3.8, 4) is 11.5 Å². The number of aromatic nitrogens is 2. The normalized spacial score (nSPS) is 13.6. The van der Waals surface area contributed by atoms with Crippen molar-refractivity contribution in [3.05, 3.63) is 29.8 Å². The number of nitrogens with one attached hydrogen (secondary N) is 1. The molecule has 136 valence electrons. The highest BCUT2D eigenvalue weighted by Crippen LogP contribution is 2.28. The minimum atomic E-state index is -0.309. The lowest BCUT2D eigenvalue weighted by Gasteiger charge is -2.22. The molecule has 2 rings (SSSR count). The van der Waals surface area contributed by atoms with Crippen LogP contribution in [0.4, 0.5) is 0 Å². The average Bonchev–Trinajstić information content (AvgIpc) is 2.93. The summed E-state index contributed by atoms with van der Waals surface area (Å²) in [6.45, 7) is 14.2. The van der Waals surface area contributed by atoms with Crippen LogP contribution < -0.4 is 5.32 Å². The van der Waals surface area contributed by atoms with E-state index in [2.05, 4.69) is 48.4 Å². The first-order chi connectivity index (χ1) is 11.5. The van der Waals surface area contributed by atoms with Gasteiger partial charge in [0, 0.05) is 11.1 Å². The predicted octanol–water partition coefficient (Wildman–Crippen LogP) is 4.43. The van der Waals surface area contributed by atoms with E-state index in [1.54, 1.807) is 0 Å². The maximum atomic E-state index is 12.1. The molecule has 0 fully saturated rings. The summed E-state index contributed by atoms with van der Waals surface area (Å²) >= 11 is 1.26. The molecule has 6 heteroatoms. The number of amides is 1. The van der Waals surface area contributed by atoms with E-state index in [9.17, 15) is 4.79 Å². The van der Waals surface area contributed by atoms with Crippen LogP contribution in [0.1, 0.15) is 54.0 Å². The zero-order chi connectivity index (χ0) is 18.8. The number of benzene rings is 1. The van der Waals surface area contributed by atoms with Crippen LogP contribution in [0.5, 0.6) is 0 Å². The van der Waals surface area contributed by atoms with Crippen LogP contribution in [0.15, 0.2) is 33.9 Å². The summed E-state index contributed by atoms with van der Waals surface area (Å²) in [7, 11) is 0. The molecule has 0 bridgehead atoms. The first kappa shape index (κ1) is 19.5. The number of rotatable bonds is 4. The van der Waals surface area contributed by atoms with Crippen molar-refractivity contribution in [1.82, 2.24) is 15.5 Å². The smallest absolute Gasteiger partial charge is 0.277 e. The van der Waals surface area contributed by atoms with Crippen molar-refractivity contribution in [1.29, 1.82) is 0 Å². The molecule has 0 aliphatic rings. The van der Waals surface area contributed by atoms with Gasteiger partial charge in [-0.3, -0.25) is 4.79 Å². The molecule has 1 aromatic heterocycles. The van der Waals surface area contributed by atoms with Crippen LogP contribution in [0, 0.1) is 0 Å². The Labute approximate surface area is 154 Å². The molecule has 1 amide bonds. The van der Waals surface area contributed by atoms with Gasteiger partial charge in [0.2, 0.25) is 11.8 Å². The molecule has 1 atom stereocenters. The van der Waals surface area contributed by atoms with Gasteiger partial charge in [0.1, 0.15) is 0 Å². The molecule has 1 heterocycles. The molecule has 0 spiro atoms. The molecular formula is C19H27N3O2S. The Kier molecular flexibility index (Phi) is 5.62. The van der Waals surface area contributed by atoms with Crippen LogP contribution in [0.2, 0.25) is 0 Å². The maximum Gasteiger partial charge on any atom is 0.277 e. The number of hydrogen-bond donors (Lipinski definition) is 1. The summed E-state index contributed by atoms with van der Waals surface area (Å²) in [5.41, 5.74) is 1.96. The Morgan fingerprint density at radius 2 is 1.68 bits per heavy atom. The van der Waals surface area contributed by atoms with Gasteiger partial charge in [0.25, 0.3) is 5.22 Å². The first-order valence-electron chi connectivity index (χ1n) is 8.39. The van der Waals surface area contributed by atoms with Gasteiger partial charge in [-0.25, -0.2) is 0 Å². The quantitative estimate of drug-likeness (QED) is 0.816. The van der Waals surface area contributed by atoms with E-state index < -0.39 is 0 Å². The van der Waals surface area contributed by atoms with E-state index in [0.29, 0.717) is 11.1 Å². The van der Waals surface area contributed by atoms with E-state index in [4.69, 9.17) is 4.42 Å². The second kappa shape index (κ2) is 7.20. The van der Waals surface area contributed by atoms with Crippen LogP contribution in [-0.2, 0) is 10.2 Å². The van der Waals surface area contributed by atoms with Crippen LogP contribution in [0.3, 0.4) is 0 Å². The third kappa shape index (κ3) is 5.59. The minimum absolute atomic E-state index is 0.0493. The second-order valence-electron chi connectivity index (χ2n) is 8.20. The van der Waals surface area contributed by atoms with Crippen molar-refractivity contribution in [2.45, 2.75) is 69.9 Å². The molecule has 0 aliphatic heterocycles. The Morgan fingerprint density at radius 1 is 1.08 bits per heavy atom. The average molecular weight is 362 g/mol. The maximum absolute atomic E-state index is 12.1. The molecule has 2 aromatic rings. The predicted molar refractivity (Wildman–Crippen MR) is 102 cm³/mol. The van der Waals surface area contributed by atoms with Crippen LogP contribution >= 0.6 is 11.8 Å². The number of carbonyl (C=O) groups excluding carboxylic acids is 1. The fraction of sp³-hybridized carbons (Fsp3) is 0.526. The van der Waals surface area contributed by atoms with Crippen molar-refractivity contribution >= 4 is 17.7 Å². The van der Waals surface area contributed by atoms with E-state index in [1.165, 1.54) is 17.3 Å². The Balaban J connectivity index is 2.06. The number of thioether (sulfide) groups is 1. The Bertz CT molecular complexity index is 724. The molecule has 0 radical (unpaired) electrons. The van der Waals surface area contributed by atoms with Crippen LogP contribution in [0.25, 0.3) is 11.5 Å². The zero-order valence-corrected chi connectivity index (χ0v) is 16.8. The highest BCUT2D eigenvalue weighted by Gasteiger charge is 2.22. The van der Waals surface area contributed by atoms with Gasteiger partial charge in [-0.2, -0.15) is 0 Å². The van der Waals surface area contributed by atoms with Gasteiger partial charge in [-0.05, 0) is 50.8 Å². The summed E-state index contributed by atoms with van der Waals surface area (Å²) < 4.78 is 5.71. The van der Waals surface area contributed by atoms with E-state index in [1.807, 2.05) is 39.8 Å². The SMILES string of the molecule is C[C@H](Sc1nnc(-c2ccc(C(C)(C)C)cc2)o1)C(=O)NC(C)(C)C. The number of hydrogen-bond acceptors (Lipinski definition) is 5. The Morgan fingerprint density at radius 3 is 2.20 bits per heavy atom. The summed E-state index contributed by atoms with van der Waals surface area (Å²) in [6.07, 6.45) is 0. The van der Waals surface area contributed by atoms with Gasteiger partial charge in [-0.15, -0.1) is 10.2 Å². The largest absolute Gasteiger partial charge is 0.411 e. The van der Waals surface area contributed by atoms with Gasteiger partial charge >= 0.3 is 0 Å². The van der Waals surface area contributed by atoms with Gasteiger partial charge in [0.15, 0.2) is 0 Å². The Hall–Kier alpha value is -1.82. The number of carbonyl (C=O) groups is 1. The summed E-state index contributed by atoms with van der Waals surface area (Å²) in [6, 6.07) is 8.12. The highest BCUT2D eigenvalue weighted by molar-refractivity contribution is 8.00. The molecule has 0 saturated heterocycles. The van der Waals surface area contributed by atoms with Crippen molar-refractivity contribution in [2.24, 2.45) is 0 Å². The third-order valence-corrected chi connectivity index (χ3v) is 4.48. The lowest BCUT2D eigenvalue weighted by atomic mass is 9.87. The molecule has 25 heavy (non-hydrogen) atoms. The van der Waals surface area contributed by atoms with Gasteiger partial charge in [0.05, 0.1) is 5.25 Å². The molecular weight excluding hydrogens is 334 g/mol. The highest BCUT2D eigenvalue weighted by atomic mass is 32.2. The lowest BCUT2D eigenvalue weighted by molar-refractivity contribution is -0.121. The fourth-order valence-electron chi connectivity index (χ4n) is 2.16. The lowest BCUT2D eigenvalue weighted by Crippen LogP contribution is -2.44. The molecule has 5 nitrogen and oxygen atoms in total. The molecule has 0 saturated carbocycles. The van der Waals surface area contributed by atoms with E-state index >= 15 is 0 Å². The summed E-state index contributed by atoms with van der Waals surface area (Å²) in [4.78, 5) is 12.1. The molecule has 1 N–H and O–H groups in total. The van der Waals surface area contributed by atoms with Crippen molar-refractivity contribution in [2.75, 3.05) is 0 Å². The van der Waals surface area contributed by atoms with E-state index in [-0.39, 0.29) is 22.1 Å². The minimum Gasteiger partial charge on any atom is -0.411 e. The third-order valence-electron chi connectivity index (χ3n) is 3.55.